The Bertz CT molecular complexity index is 678. The monoisotopic (exact) mass is 356 g/mol. The standard InChI is InChI=1S/C20H28N4O2/c1-23(19(25)12-15-24-13-8-3-2-4-9-14-24)16-18-21-20(22-26-18)17-10-6-5-7-11-17/h5-7,10-11H,2-4,8-9,12-16H2,1H3. The van der Waals surface area contributed by atoms with Crippen LogP contribution in [0, 0.1) is 0 Å². The molecule has 1 fully saturated rings. The maximum absolute atomic E-state index is 12.4. The smallest absolute Gasteiger partial charge is 0.246 e. The van der Waals surface area contributed by atoms with Gasteiger partial charge in [0.1, 0.15) is 0 Å². The first-order valence-electron chi connectivity index (χ1n) is 9.57. The summed E-state index contributed by atoms with van der Waals surface area (Å²) in [6, 6.07) is 9.69. The van der Waals surface area contributed by atoms with Gasteiger partial charge in [-0.05, 0) is 25.9 Å². The van der Waals surface area contributed by atoms with Crippen molar-refractivity contribution in [1.82, 2.24) is 19.9 Å². The van der Waals surface area contributed by atoms with Crippen molar-refractivity contribution in [2.75, 3.05) is 26.7 Å². The van der Waals surface area contributed by atoms with E-state index < -0.39 is 0 Å². The first kappa shape index (κ1) is 18.6. The molecule has 0 unspecified atom stereocenters. The van der Waals surface area contributed by atoms with Crippen LogP contribution in [0.4, 0.5) is 0 Å². The van der Waals surface area contributed by atoms with Crippen LogP contribution in [-0.4, -0.2) is 52.5 Å². The molecule has 1 aliphatic rings. The predicted octanol–water partition coefficient (Wildman–Crippen LogP) is 3.35. The summed E-state index contributed by atoms with van der Waals surface area (Å²) in [6.45, 7) is 3.41. The first-order valence-corrected chi connectivity index (χ1v) is 9.57. The Morgan fingerprint density at radius 3 is 2.54 bits per heavy atom. The quantitative estimate of drug-likeness (QED) is 0.794. The third-order valence-corrected chi connectivity index (χ3v) is 4.89. The number of hydrogen-bond donors (Lipinski definition) is 0. The summed E-state index contributed by atoms with van der Waals surface area (Å²) in [4.78, 5) is 20.9. The third kappa shape index (κ3) is 5.39. The van der Waals surface area contributed by atoms with E-state index in [2.05, 4.69) is 15.0 Å². The van der Waals surface area contributed by atoms with Crippen LogP contribution < -0.4 is 0 Å². The number of carbonyl (C=O) groups excluding carboxylic acids is 1. The minimum Gasteiger partial charge on any atom is -0.337 e. The topological polar surface area (TPSA) is 62.5 Å². The summed E-state index contributed by atoms with van der Waals surface area (Å²) in [7, 11) is 1.79. The summed E-state index contributed by atoms with van der Waals surface area (Å²) >= 11 is 0. The minimum absolute atomic E-state index is 0.117. The van der Waals surface area contributed by atoms with Crippen LogP contribution in [-0.2, 0) is 11.3 Å². The number of hydrogen-bond acceptors (Lipinski definition) is 5. The minimum atomic E-state index is 0.117. The predicted molar refractivity (Wildman–Crippen MR) is 100 cm³/mol. The highest BCUT2D eigenvalue weighted by atomic mass is 16.5. The van der Waals surface area contributed by atoms with Gasteiger partial charge in [-0.3, -0.25) is 4.79 Å². The summed E-state index contributed by atoms with van der Waals surface area (Å²) in [5.41, 5.74) is 0.911. The molecule has 1 saturated heterocycles. The van der Waals surface area contributed by atoms with E-state index in [1.54, 1.807) is 11.9 Å². The molecule has 1 amide bonds. The van der Waals surface area contributed by atoms with Crippen LogP contribution in [0.5, 0.6) is 0 Å². The molecule has 1 aliphatic heterocycles. The third-order valence-electron chi connectivity index (χ3n) is 4.89. The fourth-order valence-electron chi connectivity index (χ4n) is 3.30. The second-order valence-electron chi connectivity index (χ2n) is 6.99. The fourth-order valence-corrected chi connectivity index (χ4v) is 3.30. The molecule has 2 aromatic rings. The Balaban J connectivity index is 1.47. The highest BCUT2D eigenvalue weighted by Crippen LogP contribution is 2.16. The molecule has 1 aromatic carbocycles. The number of nitrogens with zero attached hydrogens (tertiary/aromatic N) is 4. The highest BCUT2D eigenvalue weighted by Gasteiger charge is 2.16. The van der Waals surface area contributed by atoms with Gasteiger partial charge in [0.2, 0.25) is 17.6 Å². The molecule has 0 N–H and O–H groups in total. The maximum Gasteiger partial charge on any atom is 0.246 e. The Morgan fingerprint density at radius 1 is 1.12 bits per heavy atom. The molecule has 0 atom stereocenters. The lowest BCUT2D eigenvalue weighted by atomic mass is 10.1. The van der Waals surface area contributed by atoms with Crippen molar-refractivity contribution in [3.8, 4) is 11.4 Å². The zero-order chi connectivity index (χ0) is 18.2. The van der Waals surface area contributed by atoms with E-state index in [1.807, 2.05) is 30.3 Å². The number of amides is 1. The molecular formula is C20H28N4O2. The molecule has 0 radical (unpaired) electrons. The van der Waals surface area contributed by atoms with Gasteiger partial charge in [0.25, 0.3) is 0 Å². The zero-order valence-corrected chi connectivity index (χ0v) is 15.6. The van der Waals surface area contributed by atoms with Crippen molar-refractivity contribution in [2.45, 2.75) is 45.1 Å². The molecule has 2 heterocycles. The average molecular weight is 356 g/mol. The van der Waals surface area contributed by atoms with Crippen molar-refractivity contribution in [3.05, 3.63) is 36.2 Å². The van der Waals surface area contributed by atoms with Gasteiger partial charge in [-0.1, -0.05) is 54.8 Å². The Morgan fingerprint density at radius 2 is 1.81 bits per heavy atom. The fraction of sp³-hybridized carbons (Fsp3) is 0.550. The van der Waals surface area contributed by atoms with Gasteiger partial charge in [-0.15, -0.1) is 0 Å². The van der Waals surface area contributed by atoms with E-state index in [1.165, 1.54) is 32.1 Å². The van der Waals surface area contributed by atoms with E-state index >= 15 is 0 Å². The van der Waals surface area contributed by atoms with E-state index in [-0.39, 0.29) is 5.91 Å². The molecule has 26 heavy (non-hydrogen) atoms. The molecule has 0 bridgehead atoms. The van der Waals surface area contributed by atoms with Gasteiger partial charge in [-0.2, -0.15) is 4.98 Å². The van der Waals surface area contributed by atoms with Crippen LogP contribution in [0.15, 0.2) is 34.9 Å². The second kappa shape index (κ2) is 9.48. The molecule has 0 aliphatic carbocycles. The number of aromatic nitrogens is 2. The average Bonchev–Trinajstić information content (AvgIpc) is 3.10. The van der Waals surface area contributed by atoms with Crippen LogP contribution in [0.25, 0.3) is 11.4 Å². The van der Waals surface area contributed by atoms with E-state index in [4.69, 9.17) is 4.52 Å². The number of benzene rings is 1. The van der Waals surface area contributed by atoms with Crippen LogP contribution >= 0.6 is 0 Å². The van der Waals surface area contributed by atoms with Gasteiger partial charge >= 0.3 is 0 Å². The van der Waals surface area contributed by atoms with E-state index in [9.17, 15) is 4.79 Å². The number of likely N-dealkylation sites (tertiary alicyclic amines) is 1. The van der Waals surface area contributed by atoms with Gasteiger partial charge < -0.3 is 14.3 Å². The summed E-state index contributed by atoms with van der Waals surface area (Å²) in [5, 5.41) is 4.01. The van der Waals surface area contributed by atoms with Gasteiger partial charge in [0.05, 0.1) is 6.54 Å². The lowest BCUT2D eigenvalue weighted by molar-refractivity contribution is -0.131. The molecule has 6 nitrogen and oxygen atoms in total. The van der Waals surface area contributed by atoms with Crippen LogP contribution in [0.2, 0.25) is 0 Å². The Hall–Kier alpha value is -2.21. The summed E-state index contributed by atoms with van der Waals surface area (Å²) in [5.74, 6) is 1.14. The second-order valence-corrected chi connectivity index (χ2v) is 6.99. The van der Waals surface area contributed by atoms with Crippen molar-refractivity contribution < 1.29 is 9.32 Å². The van der Waals surface area contributed by atoms with Crippen LogP contribution in [0.1, 0.15) is 44.4 Å². The number of rotatable bonds is 6. The molecule has 140 valence electrons. The number of carbonyl (C=O) groups is 1. The van der Waals surface area contributed by atoms with Crippen LogP contribution in [0.3, 0.4) is 0 Å². The van der Waals surface area contributed by atoms with Gasteiger partial charge in [0.15, 0.2) is 0 Å². The zero-order valence-electron chi connectivity index (χ0n) is 15.6. The molecule has 1 aromatic heterocycles. The molecule has 0 spiro atoms. The maximum atomic E-state index is 12.4. The van der Waals surface area contributed by atoms with Crippen molar-refractivity contribution >= 4 is 5.91 Å². The highest BCUT2D eigenvalue weighted by molar-refractivity contribution is 5.75. The SMILES string of the molecule is CN(Cc1nc(-c2ccccc2)no1)C(=O)CCN1CCCCCCC1. The van der Waals surface area contributed by atoms with E-state index in [0.29, 0.717) is 24.7 Å². The molecule has 0 saturated carbocycles. The van der Waals surface area contributed by atoms with Gasteiger partial charge in [-0.25, -0.2) is 0 Å². The summed E-state index contributed by atoms with van der Waals surface area (Å²) < 4.78 is 5.30. The molecular weight excluding hydrogens is 328 g/mol. The van der Waals surface area contributed by atoms with Crippen molar-refractivity contribution in [1.29, 1.82) is 0 Å². The van der Waals surface area contributed by atoms with E-state index in [0.717, 1.165) is 25.2 Å². The van der Waals surface area contributed by atoms with Gasteiger partial charge in [0, 0.05) is 25.6 Å². The van der Waals surface area contributed by atoms with Crippen molar-refractivity contribution in [3.63, 3.8) is 0 Å². The largest absolute Gasteiger partial charge is 0.337 e. The Labute approximate surface area is 155 Å². The molecule has 3 rings (SSSR count). The first-order chi connectivity index (χ1) is 12.7. The normalized spacial score (nSPS) is 16.0. The molecule has 6 heteroatoms. The summed E-state index contributed by atoms with van der Waals surface area (Å²) in [6.07, 6.45) is 7.00. The Kier molecular flexibility index (Phi) is 6.77. The lowest BCUT2D eigenvalue weighted by Crippen LogP contribution is -2.33. The lowest BCUT2D eigenvalue weighted by Gasteiger charge is -2.25. The van der Waals surface area contributed by atoms with Crippen molar-refractivity contribution in [2.24, 2.45) is 0 Å².